The molecule has 30 heavy (non-hydrogen) atoms. The Morgan fingerprint density at radius 2 is 1.83 bits per heavy atom. The third kappa shape index (κ3) is 6.52. The zero-order valence-corrected chi connectivity index (χ0v) is 18.7. The summed E-state index contributed by atoms with van der Waals surface area (Å²) in [7, 11) is 3.89. The molecule has 1 aromatic carbocycles. The number of carbonyl (C=O) groups is 1. The van der Waals surface area contributed by atoms with Crippen molar-refractivity contribution in [2.75, 3.05) is 56.0 Å². The van der Waals surface area contributed by atoms with E-state index >= 15 is 0 Å². The van der Waals surface area contributed by atoms with Gasteiger partial charge in [0, 0.05) is 17.0 Å². The molecule has 1 atom stereocenters. The summed E-state index contributed by atoms with van der Waals surface area (Å²) >= 11 is 3.41. The smallest absolute Gasteiger partial charge is 0.273 e. The van der Waals surface area contributed by atoms with Crippen LogP contribution in [0.1, 0.15) is 16.1 Å². The fraction of sp³-hybridized carbons (Fsp3) is 0.389. The Morgan fingerprint density at radius 3 is 2.43 bits per heavy atom. The monoisotopic (exact) mass is 455 g/mol. The van der Waals surface area contributed by atoms with Crippen LogP contribution in [0.4, 0.5) is 17.3 Å². The normalized spacial score (nSPS) is 12.4. The van der Waals surface area contributed by atoms with Crippen LogP contribution in [0.5, 0.6) is 0 Å². The van der Waals surface area contributed by atoms with Crippen molar-refractivity contribution in [3.05, 3.63) is 40.7 Å². The average molecular weight is 456 g/mol. The van der Waals surface area contributed by atoms with Gasteiger partial charge >= 0.3 is 0 Å². The third-order valence-corrected chi connectivity index (χ3v) is 5.56. The van der Waals surface area contributed by atoms with E-state index in [0.717, 1.165) is 5.56 Å². The molecule has 164 valence electrons. The molecular weight excluding hydrogens is 430 g/mol. The van der Waals surface area contributed by atoms with Gasteiger partial charge in [0.05, 0.1) is 40.3 Å². The molecular formula is C18H26ClN7O3S. The predicted molar refractivity (Wildman–Crippen MR) is 117 cm³/mol. The van der Waals surface area contributed by atoms with Crippen LogP contribution in [-0.2, 0) is 11.3 Å². The number of nitrogens with two attached hydrogens (primary N) is 2. The van der Waals surface area contributed by atoms with Crippen molar-refractivity contribution in [1.82, 2.24) is 15.3 Å². The summed E-state index contributed by atoms with van der Waals surface area (Å²) in [6, 6.07) is 7.27. The van der Waals surface area contributed by atoms with Crippen LogP contribution in [0, 0.1) is 6.92 Å². The van der Waals surface area contributed by atoms with E-state index < -0.39 is 17.2 Å². The Morgan fingerprint density at radius 1 is 1.20 bits per heavy atom. The first-order valence-electron chi connectivity index (χ1n) is 9.12. The van der Waals surface area contributed by atoms with E-state index in [4.69, 9.17) is 23.1 Å². The fourth-order valence-corrected chi connectivity index (χ4v) is 3.29. The highest BCUT2D eigenvalue weighted by Gasteiger charge is 2.20. The van der Waals surface area contributed by atoms with Gasteiger partial charge in [-0.15, -0.1) is 0 Å². The number of likely N-dealkylation sites (N-methyl/N-ethyl adjacent to an activating group) is 1. The second-order valence-corrected chi connectivity index (χ2v) is 8.66. The van der Waals surface area contributed by atoms with Crippen molar-refractivity contribution < 1.29 is 18.0 Å². The molecule has 1 amide bonds. The van der Waals surface area contributed by atoms with Crippen LogP contribution < -0.4 is 21.1 Å². The number of rotatable bonds is 9. The van der Waals surface area contributed by atoms with Crippen LogP contribution in [0.3, 0.4) is 0 Å². The Balaban J connectivity index is 1.91. The lowest BCUT2D eigenvalue weighted by Gasteiger charge is -2.34. The van der Waals surface area contributed by atoms with Gasteiger partial charge in [0.2, 0.25) is 0 Å². The largest absolute Gasteiger partial charge is 0.755 e. The Bertz CT molecular complexity index is 925. The van der Waals surface area contributed by atoms with Crippen molar-refractivity contribution in [3.8, 4) is 0 Å². The van der Waals surface area contributed by atoms with Crippen LogP contribution >= 0.6 is 11.6 Å². The minimum atomic E-state index is -2.39. The summed E-state index contributed by atoms with van der Waals surface area (Å²) in [5.74, 6) is -0.656. The highest BCUT2D eigenvalue weighted by molar-refractivity contribution is 7.80. The van der Waals surface area contributed by atoms with E-state index in [9.17, 15) is 13.6 Å². The fourth-order valence-electron chi connectivity index (χ4n) is 2.64. The van der Waals surface area contributed by atoms with Crippen LogP contribution in [-0.4, -0.2) is 69.4 Å². The quantitative estimate of drug-likeness (QED) is 0.372. The van der Waals surface area contributed by atoms with E-state index in [1.807, 2.05) is 33.2 Å². The molecule has 1 aromatic heterocycles. The van der Waals surface area contributed by atoms with Crippen molar-refractivity contribution in [1.29, 1.82) is 0 Å². The molecule has 0 spiro atoms. The lowest BCUT2D eigenvalue weighted by atomic mass is 10.2. The molecule has 0 bridgehead atoms. The number of aromatic nitrogens is 2. The van der Waals surface area contributed by atoms with Gasteiger partial charge in [-0.05, 0) is 19.1 Å². The number of aryl methyl sites for hydroxylation is 1. The van der Waals surface area contributed by atoms with Gasteiger partial charge in [0.1, 0.15) is 0 Å². The number of nitrogens with zero attached hydrogens (tertiary/aromatic N) is 4. The summed E-state index contributed by atoms with van der Waals surface area (Å²) in [6.07, 6.45) is 0. The SMILES string of the molecule is Cc1ccc(N(CC[N+](C)(C)CCNC(=O)c2nc(Cl)c(N)nc2N)S(=O)[O-])cc1. The summed E-state index contributed by atoms with van der Waals surface area (Å²) in [5, 5.41) is 2.63. The molecule has 0 saturated carbocycles. The number of hydrogen-bond acceptors (Lipinski definition) is 7. The lowest BCUT2D eigenvalue weighted by molar-refractivity contribution is -0.887. The van der Waals surface area contributed by atoms with Gasteiger partial charge in [-0.3, -0.25) is 13.3 Å². The molecule has 0 aliphatic heterocycles. The number of carbonyl (C=O) groups excluding carboxylic acids is 1. The van der Waals surface area contributed by atoms with E-state index in [-0.39, 0.29) is 22.5 Å². The minimum absolute atomic E-state index is 0.0441. The highest BCUT2D eigenvalue weighted by atomic mass is 35.5. The molecule has 1 heterocycles. The molecule has 1 unspecified atom stereocenters. The van der Waals surface area contributed by atoms with Gasteiger partial charge in [0.15, 0.2) is 22.5 Å². The number of nitrogen functional groups attached to an aromatic ring is 2. The molecule has 2 rings (SSSR count). The van der Waals surface area contributed by atoms with E-state index in [1.165, 1.54) is 4.31 Å². The lowest BCUT2D eigenvalue weighted by Crippen LogP contribution is -2.49. The van der Waals surface area contributed by atoms with Crippen molar-refractivity contribution >= 4 is 46.1 Å². The minimum Gasteiger partial charge on any atom is -0.755 e. The molecule has 2 aromatic rings. The second-order valence-electron chi connectivity index (χ2n) is 7.43. The van der Waals surface area contributed by atoms with Crippen LogP contribution in [0.2, 0.25) is 5.15 Å². The van der Waals surface area contributed by atoms with E-state index in [0.29, 0.717) is 36.3 Å². The predicted octanol–water partition coefficient (Wildman–Crippen LogP) is 0.710. The van der Waals surface area contributed by atoms with Crippen molar-refractivity contribution in [2.24, 2.45) is 0 Å². The maximum absolute atomic E-state index is 12.3. The molecule has 0 saturated heterocycles. The summed E-state index contributed by atoms with van der Waals surface area (Å²) < 4.78 is 25.1. The van der Waals surface area contributed by atoms with Gasteiger partial charge < -0.3 is 25.8 Å². The second kappa shape index (κ2) is 10.0. The summed E-state index contributed by atoms with van der Waals surface area (Å²) in [6.45, 7) is 3.64. The Labute approximate surface area is 183 Å². The molecule has 10 nitrogen and oxygen atoms in total. The molecule has 0 radical (unpaired) electrons. The highest BCUT2D eigenvalue weighted by Crippen LogP contribution is 2.18. The number of quaternary nitrogens is 1. The Hall–Kier alpha value is -2.47. The number of anilines is 3. The number of halogens is 1. The molecule has 0 aliphatic carbocycles. The Kier molecular flexibility index (Phi) is 7.96. The van der Waals surface area contributed by atoms with Gasteiger partial charge in [-0.1, -0.05) is 29.3 Å². The molecule has 0 fully saturated rings. The first kappa shape index (κ1) is 23.8. The number of amides is 1. The standard InChI is InChI=1S/C18H26ClN7O3S/c1-12-4-6-13(7-5-12)25(30(28)29)9-11-26(2,3)10-8-22-18(27)14-16(20)24-17(21)15(19)23-14/h4-7H,8-11H2,1-3H3,(H5-,20,21,22,24,27,28,29). The number of nitrogens with one attached hydrogen (secondary N) is 1. The van der Waals surface area contributed by atoms with Gasteiger partial charge in [-0.25, -0.2) is 9.97 Å². The van der Waals surface area contributed by atoms with E-state index in [1.54, 1.807) is 12.1 Å². The third-order valence-electron chi connectivity index (χ3n) is 4.53. The topological polar surface area (TPSA) is 150 Å². The average Bonchev–Trinajstić information content (AvgIpc) is 2.65. The van der Waals surface area contributed by atoms with E-state index in [2.05, 4.69) is 15.3 Å². The van der Waals surface area contributed by atoms with Crippen LogP contribution in [0.25, 0.3) is 0 Å². The van der Waals surface area contributed by atoms with Gasteiger partial charge in [0.25, 0.3) is 5.91 Å². The zero-order valence-electron chi connectivity index (χ0n) is 17.1. The molecule has 12 heteroatoms. The number of hydrogen-bond donors (Lipinski definition) is 3. The molecule has 0 aliphatic rings. The summed E-state index contributed by atoms with van der Waals surface area (Å²) in [5.41, 5.74) is 12.8. The maximum Gasteiger partial charge on any atom is 0.273 e. The first-order valence-corrected chi connectivity index (χ1v) is 10.5. The van der Waals surface area contributed by atoms with Crippen molar-refractivity contribution in [2.45, 2.75) is 6.92 Å². The van der Waals surface area contributed by atoms with Crippen LogP contribution in [0.15, 0.2) is 24.3 Å². The summed E-state index contributed by atoms with van der Waals surface area (Å²) in [4.78, 5) is 19.9. The van der Waals surface area contributed by atoms with Gasteiger partial charge in [-0.2, -0.15) is 0 Å². The number of benzene rings is 1. The maximum atomic E-state index is 12.3. The van der Waals surface area contributed by atoms with Crippen molar-refractivity contribution in [3.63, 3.8) is 0 Å². The molecule has 5 N–H and O–H groups in total. The zero-order chi connectivity index (χ0) is 22.5. The first-order chi connectivity index (χ1) is 14.0.